The Morgan fingerprint density at radius 2 is 1.60 bits per heavy atom. The molecular weight excluding hydrogens is 207 g/mol. The van der Waals surface area contributed by atoms with Gasteiger partial charge in [-0.05, 0) is 31.6 Å². The molecule has 2 rings (SSSR count). The average Bonchev–Trinajstić information content (AvgIpc) is 2.71. The van der Waals surface area contributed by atoms with Crippen molar-refractivity contribution in [3.05, 3.63) is 0 Å². The standard InChI is InChI=1S/C10H16O4.Na/c11-9(12)7-1-3-8(4-2-7)10-13-5-6-14-10;/h7-8,10H,1-6H2,(H,11,12);/q;+1/p-1. The number of carboxylic acid groups (broad SMARTS) is 1. The summed E-state index contributed by atoms with van der Waals surface area (Å²) in [7, 11) is 0. The molecule has 80 valence electrons. The molecule has 5 heteroatoms. The first-order valence-corrected chi connectivity index (χ1v) is 5.21. The van der Waals surface area contributed by atoms with Gasteiger partial charge in [0.25, 0.3) is 0 Å². The second kappa shape index (κ2) is 6.21. The molecule has 0 aromatic carbocycles. The van der Waals surface area contributed by atoms with Gasteiger partial charge in [0, 0.05) is 11.9 Å². The molecule has 0 atom stereocenters. The van der Waals surface area contributed by atoms with E-state index in [9.17, 15) is 9.90 Å². The molecule has 15 heavy (non-hydrogen) atoms. The summed E-state index contributed by atoms with van der Waals surface area (Å²) in [4.78, 5) is 10.6. The van der Waals surface area contributed by atoms with E-state index in [1.54, 1.807) is 0 Å². The minimum Gasteiger partial charge on any atom is -0.550 e. The van der Waals surface area contributed by atoms with Crippen molar-refractivity contribution >= 4 is 5.97 Å². The SMILES string of the molecule is O=C([O-])C1CCC(C2OCCO2)CC1.[Na+]. The summed E-state index contributed by atoms with van der Waals surface area (Å²) < 4.78 is 10.8. The summed E-state index contributed by atoms with van der Waals surface area (Å²) in [6.45, 7) is 1.34. The van der Waals surface area contributed by atoms with Gasteiger partial charge in [0.2, 0.25) is 0 Å². The Morgan fingerprint density at radius 1 is 1.07 bits per heavy atom. The molecule has 0 spiro atoms. The van der Waals surface area contributed by atoms with Crippen molar-refractivity contribution < 1.29 is 48.9 Å². The summed E-state index contributed by atoms with van der Waals surface area (Å²) >= 11 is 0. The third-order valence-corrected chi connectivity index (χ3v) is 3.14. The maximum atomic E-state index is 10.6. The molecule has 0 bridgehead atoms. The first-order valence-electron chi connectivity index (χ1n) is 5.21. The van der Waals surface area contributed by atoms with Crippen molar-refractivity contribution in [2.75, 3.05) is 13.2 Å². The molecule has 1 saturated heterocycles. The number of carboxylic acids is 1. The van der Waals surface area contributed by atoms with Crippen LogP contribution in [0.25, 0.3) is 0 Å². The second-order valence-electron chi connectivity index (χ2n) is 4.04. The average molecular weight is 222 g/mol. The van der Waals surface area contributed by atoms with Crippen molar-refractivity contribution in [1.82, 2.24) is 0 Å². The van der Waals surface area contributed by atoms with Crippen molar-refractivity contribution in [3.8, 4) is 0 Å². The Labute approximate surface area is 112 Å². The number of hydrogen-bond donors (Lipinski definition) is 0. The van der Waals surface area contributed by atoms with Crippen LogP contribution >= 0.6 is 0 Å². The van der Waals surface area contributed by atoms with Gasteiger partial charge in [0.1, 0.15) is 0 Å². The predicted molar refractivity (Wildman–Crippen MR) is 46.1 cm³/mol. The predicted octanol–water partition coefficient (Wildman–Crippen LogP) is -3.08. The first-order chi connectivity index (χ1) is 6.77. The van der Waals surface area contributed by atoms with Crippen molar-refractivity contribution in [1.29, 1.82) is 0 Å². The fourth-order valence-electron chi connectivity index (χ4n) is 2.28. The van der Waals surface area contributed by atoms with Crippen LogP contribution in [0.3, 0.4) is 0 Å². The van der Waals surface area contributed by atoms with Gasteiger partial charge in [-0.1, -0.05) is 0 Å². The molecule has 1 aliphatic carbocycles. The molecular formula is C10H15NaO4. The van der Waals surface area contributed by atoms with E-state index in [2.05, 4.69) is 0 Å². The van der Waals surface area contributed by atoms with Gasteiger partial charge < -0.3 is 19.4 Å². The van der Waals surface area contributed by atoms with Crippen molar-refractivity contribution in [2.24, 2.45) is 11.8 Å². The van der Waals surface area contributed by atoms with Crippen LogP contribution in [0, 0.1) is 11.8 Å². The smallest absolute Gasteiger partial charge is 0.550 e. The van der Waals surface area contributed by atoms with Crippen molar-refractivity contribution in [3.63, 3.8) is 0 Å². The van der Waals surface area contributed by atoms with Crippen LogP contribution in [0.4, 0.5) is 0 Å². The van der Waals surface area contributed by atoms with E-state index in [1.807, 2.05) is 0 Å². The van der Waals surface area contributed by atoms with Gasteiger partial charge in [0.15, 0.2) is 6.29 Å². The molecule has 0 amide bonds. The quantitative estimate of drug-likeness (QED) is 0.465. The van der Waals surface area contributed by atoms with Crippen LogP contribution in [-0.2, 0) is 14.3 Å². The van der Waals surface area contributed by atoms with Crippen LogP contribution in [0.1, 0.15) is 25.7 Å². The van der Waals surface area contributed by atoms with E-state index in [1.165, 1.54) is 0 Å². The van der Waals surface area contributed by atoms with E-state index >= 15 is 0 Å². The third kappa shape index (κ3) is 3.43. The minimum absolute atomic E-state index is 0. The zero-order chi connectivity index (χ0) is 9.97. The molecule has 2 fully saturated rings. The summed E-state index contributed by atoms with van der Waals surface area (Å²) in [6, 6.07) is 0. The van der Waals surface area contributed by atoms with E-state index in [4.69, 9.17) is 9.47 Å². The van der Waals surface area contributed by atoms with Crippen LogP contribution < -0.4 is 34.7 Å². The Kier molecular flexibility index (Phi) is 5.57. The topological polar surface area (TPSA) is 58.6 Å². The minimum atomic E-state index is -0.906. The van der Waals surface area contributed by atoms with Crippen LogP contribution in [-0.4, -0.2) is 25.5 Å². The van der Waals surface area contributed by atoms with E-state index in [0.29, 0.717) is 32.0 Å². The third-order valence-electron chi connectivity index (χ3n) is 3.14. The maximum Gasteiger partial charge on any atom is 1.00 e. The van der Waals surface area contributed by atoms with Gasteiger partial charge >= 0.3 is 29.6 Å². The normalized spacial score (nSPS) is 32.3. The van der Waals surface area contributed by atoms with Crippen LogP contribution in [0.2, 0.25) is 0 Å². The number of ether oxygens (including phenoxy) is 2. The van der Waals surface area contributed by atoms with Gasteiger partial charge in [0.05, 0.1) is 13.2 Å². The number of hydrogen-bond acceptors (Lipinski definition) is 4. The van der Waals surface area contributed by atoms with Crippen LogP contribution in [0.15, 0.2) is 0 Å². The van der Waals surface area contributed by atoms with Gasteiger partial charge in [-0.2, -0.15) is 0 Å². The Morgan fingerprint density at radius 3 is 2.07 bits per heavy atom. The Balaban J connectivity index is 0.00000112. The zero-order valence-corrected chi connectivity index (χ0v) is 11.1. The number of carbonyl (C=O) groups is 1. The molecule has 0 N–H and O–H groups in total. The molecule has 0 aromatic heterocycles. The molecule has 1 aliphatic heterocycles. The fraction of sp³-hybridized carbons (Fsp3) is 0.900. The molecule has 2 aliphatic rings. The number of rotatable bonds is 2. The summed E-state index contributed by atoms with van der Waals surface area (Å²) in [5.41, 5.74) is 0. The summed E-state index contributed by atoms with van der Waals surface area (Å²) in [5, 5.41) is 10.6. The zero-order valence-electron chi connectivity index (χ0n) is 9.11. The summed E-state index contributed by atoms with van der Waals surface area (Å²) in [6.07, 6.45) is 3.08. The van der Waals surface area contributed by atoms with Gasteiger partial charge in [-0.25, -0.2) is 0 Å². The molecule has 0 aromatic rings. The van der Waals surface area contributed by atoms with Crippen molar-refractivity contribution in [2.45, 2.75) is 32.0 Å². The number of carbonyl (C=O) groups excluding carboxylic acids is 1. The molecule has 1 heterocycles. The number of aliphatic carboxylic acids is 1. The first kappa shape index (κ1) is 13.5. The van der Waals surface area contributed by atoms with E-state index < -0.39 is 5.97 Å². The monoisotopic (exact) mass is 222 g/mol. The fourth-order valence-corrected chi connectivity index (χ4v) is 2.28. The Bertz CT molecular complexity index is 207. The molecule has 4 nitrogen and oxygen atoms in total. The van der Waals surface area contributed by atoms with Crippen LogP contribution in [0.5, 0.6) is 0 Å². The van der Waals surface area contributed by atoms with E-state index in [-0.39, 0.29) is 41.8 Å². The molecule has 0 unspecified atom stereocenters. The van der Waals surface area contributed by atoms with Gasteiger partial charge in [-0.15, -0.1) is 0 Å². The maximum absolute atomic E-state index is 10.6. The molecule has 1 saturated carbocycles. The van der Waals surface area contributed by atoms with Gasteiger partial charge in [-0.3, -0.25) is 0 Å². The van der Waals surface area contributed by atoms with E-state index in [0.717, 1.165) is 12.8 Å². The largest absolute Gasteiger partial charge is 1.00 e. The Hall–Kier alpha value is 0.390. The second-order valence-corrected chi connectivity index (χ2v) is 4.04. The molecule has 0 radical (unpaired) electrons. The summed E-state index contributed by atoms with van der Waals surface area (Å²) in [5.74, 6) is -0.780.